The molecular weight excluding hydrogens is 426 g/mol. The Morgan fingerprint density at radius 2 is 1.84 bits per heavy atom. The fraction of sp³-hybridized carbons (Fsp3) is 0.348. The third-order valence-corrected chi connectivity index (χ3v) is 6.07. The van der Waals surface area contributed by atoms with E-state index < -0.39 is 0 Å². The second kappa shape index (κ2) is 9.12. The van der Waals surface area contributed by atoms with Crippen molar-refractivity contribution in [2.75, 3.05) is 0 Å². The van der Waals surface area contributed by atoms with E-state index >= 15 is 0 Å². The third kappa shape index (κ3) is 4.12. The molecule has 0 fully saturated rings. The molecule has 32 heavy (non-hydrogen) atoms. The Morgan fingerprint density at radius 1 is 1.09 bits per heavy atom. The Bertz CT molecular complexity index is 1370. The number of hydrogen-bond donors (Lipinski definition) is 0. The van der Waals surface area contributed by atoms with Gasteiger partial charge in [-0.3, -0.25) is 13.9 Å². The molecule has 3 aromatic heterocycles. The van der Waals surface area contributed by atoms with Crippen molar-refractivity contribution in [2.45, 2.75) is 50.4 Å². The molecule has 8 nitrogen and oxygen atoms in total. The van der Waals surface area contributed by atoms with Gasteiger partial charge in [0.2, 0.25) is 5.89 Å². The van der Waals surface area contributed by atoms with Gasteiger partial charge in [0.05, 0.1) is 5.69 Å². The van der Waals surface area contributed by atoms with Gasteiger partial charge in [-0.2, -0.15) is 0 Å². The Morgan fingerprint density at radius 3 is 2.53 bits per heavy atom. The fourth-order valence-electron chi connectivity index (χ4n) is 3.37. The molecular formula is C23H25N5O3S. The zero-order valence-electron chi connectivity index (χ0n) is 18.5. The van der Waals surface area contributed by atoms with Crippen molar-refractivity contribution in [1.82, 2.24) is 24.1 Å². The summed E-state index contributed by atoms with van der Waals surface area (Å²) in [5, 5.41) is 0.912. The van der Waals surface area contributed by atoms with Crippen LogP contribution < -0.4 is 11.2 Å². The number of aromatic nitrogens is 5. The van der Waals surface area contributed by atoms with Crippen LogP contribution in [0.3, 0.4) is 0 Å². The van der Waals surface area contributed by atoms with Gasteiger partial charge in [-0.05, 0) is 18.6 Å². The molecule has 0 atom stereocenters. The number of fused-ring (bicyclic) bond motifs is 1. The second-order valence-electron chi connectivity index (χ2n) is 7.84. The van der Waals surface area contributed by atoms with Gasteiger partial charge in [-0.1, -0.05) is 50.7 Å². The van der Waals surface area contributed by atoms with Crippen LogP contribution >= 0.6 is 11.8 Å². The van der Waals surface area contributed by atoms with E-state index in [4.69, 9.17) is 4.42 Å². The van der Waals surface area contributed by atoms with E-state index in [1.54, 1.807) is 10.8 Å². The lowest BCUT2D eigenvalue weighted by atomic mass is 10.2. The maximum Gasteiger partial charge on any atom is 0.332 e. The highest BCUT2D eigenvalue weighted by Crippen LogP contribution is 2.28. The van der Waals surface area contributed by atoms with Gasteiger partial charge >= 0.3 is 5.69 Å². The number of thioether (sulfide) groups is 1. The highest BCUT2D eigenvalue weighted by molar-refractivity contribution is 7.98. The molecule has 0 radical (unpaired) electrons. The number of rotatable bonds is 7. The molecule has 9 heteroatoms. The minimum absolute atomic E-state index is 0.0460. The molecule has 0 saturated carbocycles. The summed E-state index contributed by atoms with van der Waals surface area (Å²) in [5.74, 6) is 1.66. The van der Waals surface area contributed by atoms with Gasteiger partial charge < -0.3 is 4.42 Å². The molecule has 1 aromatic carbocycles. The Hall–Kier alpha value is -3.20. The van der Waals surface area contributed by atoms with E-state index in [0.717, 1.165) is 22.2 Å². The highest BCUT2D eigenvalue weighted by atomic mass is 32.2. The van der Waals surface area contributed by atoms with Crippen LogP contribution in [0.15, 0.2) is 55.6 Å². The standard InChI is InChI=1S/C23H25N5O3S/c1-5-11-28-19-17(22(29)27(4)23(28)30)21(26-18(25-19)14(2)3)32-13-16-12-31-20(24-16)15-9-7-6-8-10-15/h6-10,12,14H,5,11,13H2,1-4H3. The van der Waals surface area contributed by atoms with Gasteiger partial charge in [-0.25, -0.2) is 19.7 Å². The normalized spacial score (nSPS) is 11.5. The predicted molar refractivity (Wildman–Crippen MR) is 125 cm³/mol. The number of nitrogens with zero attached hydrogens (tertiary/aromatic N) is 5. The molecule has 4 aromatic rings. The molecule has 0 spiro atoms. The molecule has 4 rings (SSSR count). The van der Waals surface area contributed by atoms with Crippen LogP contribution in [-0.4, -0.2) is 24.1 Å². The molecule has 0 aliphatic heterocycles. The summed E-state index contributed by atoms with van der Waals surface area (Å²) in [6.45, 7) is 6.44. The van der Waals surface area contributed by atoms with E-state index in [1.165, 1.54) is 18.8 Å². The van der Waals surface area contributed by atoms with Crippen LogP contribution in [0, 0.1) is 0 Å². The van der Waals surface area contributed by atoms with Crippen LogP contribution in [0.25, 0.3) is 22.5 Å². The van der Waals surface area contributed by atoms with Crippen molar-refractivity contribution >= 4 is 22.8 Å². The summed E-state index contributed by atoms with van der Waals surface area (Å²) in [7, 11) is 1.49. The topological polar surface area (TPSA) is 95.8 Å². The van der Waals surface area contributed by atoms with Crippen LogP contribution in [-0.2, 0) is 19.3 Å². The van der Waals surface area contributed by atoms with E-state index in [1.807, 2.05) is 51.1 Å². The highest BCUT2D eigenvalue weighted by Gasteiger charge is 2.20. The van der Waals surface area contributed by atoms with E-state index in [9.17, 15) is 9.59 Å². The first-order chi connectivity index (χ1) is 15.4. The molecule has 0 amide bonds. The lowest BCUT2D eigenvalue weighted by Gasteiger charge is -2.14. The fourth-order valence-corrected chi connectivity index (χ4v) is 4.27. The average Bonchev–Trinajstić information content (AvgIpc) is 3.28. The minimum Gasteiger partial charge on any atom is -0.444 e. The zero-order valence-corrected chi connectivity index (χ0v) is 19.3. The van der Waals surface area contributed by atoms with Crippen molar-refractivity contribution in [3.05, 3.63) is 69.0 Å². The Kier molecular flexibility index (Phi) is 6.27. The first kappa shape index (κ1) is 22.0. The molecule has 0 unspecified atom stereocenters. The molecule has 0 aliphatic rings. The molecule has 0 saturated heterocycles. The number of benzene rings is 1. The molecule has 0 N–H and O–H groups in total. The lowest BCUT2D eigenvalue weighted by Crippen LogP contribution is -2.39. The second-order valence-corrected chi connectivity index (χ2v) is 8.80. The van der Waals surface area contributed by atoms with E-state index in [-0.39, 0.29) is 17.2 Å². The SMILES string of the molecule is CCCn1c(=O)n(C)c(=O)c2c(SCc3coc(-c4ccccc4)n3)nc(C(C)C)nc21. The van der Waals surface area contributed by atoms with Gasteiger partial charge in [0.15, 0.2) is 5.65 Å². The predicted octanol–water partition coefficient (Wildman–Crippen LogP) is 3.97. The summed E-state index contributed by atoms with van der Waals surface area (Å²) in [4.78, 5) is 39.6. The summed E-state index contributed by atoms with van der Waals surface area (Å²) in [5.41, 5.74) is 1.28. The smallest absolute Gasteiger partial charge is 0.332 e. The minimum atomic E-state index is -0.389. The van der Waals surface area contributed by atoms with Crippen LogP contribution in [0.2, 0.25) is 0 Å². The Labute approximate surface area is 189 Å². The first-order valence-corrected chi connectivity index (χ1v) is 11.5. The maximum atomic E-state index is 13.0. The van der Waals surface area contributed by atoms with E-state index in [0.29, 0.717) is 40.1 Å². The monoisotopic (exact) mass is 451 g/mol. The molecule has 0 aliphatic carbocycles. The average molecular weight is 452 g/mol. The zero-order chi connectivity index (χ0) is 22.8. The van der Waals surface area contributed by atoms with Crippen LogP contribution in [0.1, 0.15) is 44.6 Å². The number of oxazole rings is 1. The molecule has 0 bridgehead atoms. The molecule has 3 heterocycles. The molecule has 166 valence electrons. The van der Waals surface area contributed by atoms with Crippen LogP contribution in [0.4, 0.5) is 0 Å². The summed E-state index contributed by atoms with van der Waals surface area (Å²) in [6.07, 6.45) is 2.37. The largest absolute Gasteiger partial charge is 0.444 e. The van der Waals surface area contributed by atoms with Gasteiger partial charge in [-0.15, -0.1) is 0 Å². The number of hydrogen-bond acceptors (Lipinski definition) is 7. The summed E-state index contributed by atoms with van der Waals surface area (Å²) < 4.78 is 8.33. The first-order valence-electron chi connectivity index (χ1n) is 10.5. The van der Waals surface area contributed by atoms with Crippen molar-refractivity contribution in [3.63, 3.8) is 0 Å². The Balaban J connectivity index is 1.77. The van der Waals surface area contributed by atoms with Crippen molar-refractivity contribution in [1.29, 1.82) is 0 Å². The maximum absolute atomic E-state index is 13.0. The van der Waals surface area contributed by atoms with E-state index in [2.05, 4.69) is 15.0 Å². The van der Waals surface area contributed by atoms with Crippen molar-refractivity contribution in [2.24, 2.45) is 7.05 Å². The summed E-state index contributed by atoms with van der Waals surface area (Å²) in [6, 6.07) is 9.67. The third-order valence-electron chi connectivity index (χ3n) is 5.06. The van der Waals surface area contributed by atoms with Gasteiger partial charge in [0.1, 0.15) is 22.5 Å². The number of aryl methyl sites for hydroxylation is 1. The van der Waals surface area contributed by atoms with Crippen molar-refractivity contribution in [3.8, 4) is 11.5 Å². The quantitative estimate of drug-likeness (QED) is 0.310. The van der Waals surface area contributed by atoms with Gasteiger partial charge in [0, 0.05) is 30.8 Å². The van der Waals surface area contributed by atoms with Gasteiger partial charge in [0.25, 0.3) is 5.56 Å². The summed E-state index contributed by atoms with van der Waals surface area (Å²) >= 11 is 1.40. The lowest BCUT2D eigenvalue weighted by molar-refractivity contribution is 0.573. The van der Waals surface area contributed by atoms with Crippen LogP contribution in [0.5, 0.6) is 0 Å². The van der Waals surface area contributed by atoms with Crippen molar-refractivity contribution < 1.29 is 4.42 Å².